The number of rotatable bonds is 4. The highest BCUT2D eigenvalue weighted by Gasteiger charge is 2.53. The quantitative estimate of drug-likeness (QED) is 0.808. The first-order chi connectivity index (χ1) is 9.73. The Morgan fingerprint density at radius 3 is 2.24 bits per heavy atom. The van der Waals surface area contributed by atoms with Gasteiger partial charge in [-0.1, -0.05) is 33.1 Å². The second-order valence-corrected chi connectivity index (χ2v) is 7.18. The number of nitrogens with zero attached hydrogens (tertiary/aromatic N) is 1. The summed E-state index contributed by atoms with van der Waals surface area (Å²) in [5, 5.41) is 9.61. The van der Waals surface area contributed by atoms with E-state index in [1.54, 1.807) is 0 Å². The number of imide groups is 1. The molecule has 0 bridgehead atoms. The molecule has 0 aromatic rings. The molecule has 1 saturated carbocycles. The number of carbonyl (C=O) groups is 3. The molecule has 21 heavy (non-hydrogen) atoms. The van der Waals surface area contributed by atoms with Crippen LogP contribution in [0.2, 0.25) is 0 Å². The maximum atomic E-state index is 12.6. The minimum Gasteiger partial charge on any atom is -0.481 e. The topological polar surface area (TPSA) is 74.7 Å². The van der Waals surface area contributed by atoms with E-state index in [1.165, 1.54) is 4.90 Å². The number of carboxylic acid groups (broad SMARTS) is 1. The number of amides is 2. The van der Waals surface area contributed by atoms with Crippen LogP contribution in [0.3, 0.4) is 0 Å². The standard InChI is InChI=1S/C16H25NO4/c1-11(2)15(3)9-12(18)17(13(15)19)10-16(14(20)21)7-5-4-6-8-16/h11H,4-10H2,1-3H3,(H,20,21). The molecule has 0 radical (unpaired) electrons. The molecular formula is C16H25NO4. The second kappa shape index (κ2) is 5.43. The van der Waals surface area contributed by atoms with E-state index in [0.717, 1.165) is 19.3 Å². The number of aliphatic carboxylic acids is 1. The maximum absolute atomic E-state index is 12.6. The highest BCUT2D eigenvalue weighted by molar-refractivity contribution is 6.06. The van der Waals surface area contributed by atoms with Crippen LogP contribution in [0.15, 0.2) is 0 Å². The van der Waals surface area contributed by atoms with Crippen LogP contribution >= 0.6 is 0 Å². The van der Waals surface area contributed by atoms with Gasteiger partial charge in [0.05, 0.1) is 10.8 Å². The first-order valence-corrected chi connectivity index (χ1v) is 7.81. The molecule has 5 nitrogen and oxygen atoms in total. The van der Waals surface area contributed by atoms with Gasteiger partial charge in [-0.25, -0.2) is 0 Å². The summed E-state index contributed by atoms with van der Waals surface area (Å²) in [7, 11) is 0. The fourth-order valence-electron chi connectivity index (χ4n) is 3.49. The van der Waals surface area contributed by atoms with Crippen LogP contribution in [0.4, 0.5) is 0 Å². The molecule has 1 unspecified atom stereocenters. The highest BCUT2D eigenvalue weighted by atomic mass is 16.4. The van der Waals surface area contributed by atoms with Gasteiger partial charge in [-0.05, 0) is 25.7 Å². The van der Waals surface area contributed by atoms with Gasteiger partial charge in [0.1, 0.15) is 0 Å². The molecule has 1 aliphatic carbocycles. The molecule has 1 N–H and O–H groups in total. The third kappa shape index (κ3) is 2.58. The number of hydrogen-bond acceptors (Lipinski definition) is 3. The molecule has 2 aliphatic rings. The van der Waals surface area contributed by atoms with Crippen LogP contribution in [-0.4, -0.2) is 34.3 Å². The lowest BCUT2D eigenvalue weighted by Gasteiger charge is -2.36. The summed E-state index contributed by atoms with van der Waals surface area (Å²) in [4.78, 5) is 37.8. The number of carboxylic acids is 1. The van der Waals surface area contributed by atoms with Gasteiger partial charge in [-0.15, -0.1) is 0 Å². The zero-order chi connectivity index (χ0) is 15.8. The fraction of sp³-hybridized carbons (Fsp3) is 0.812. The van der Waals surface area contributed by atoms with Crippen molar-refractivity contribution in [1.82, 2.24) is 4.90 Å². The molecular weight excluding hydrogens is 270 g/mol. The van der Waals surface area contributed by atoms with Crippen molar-refractivity contribution in [1.29, 1.82) is 0 Å². The van der Waals surface area contributed by atoms with Crippen molar-refractivity contribution in [3.63, 3.8) is 0 Å². The van der Waals surface area contributed by atoms with Gasteiger partial charge in [-0.2, -0.15) is 0 Å². The van der Waals surface area contributed by atoms with Crippen molar-refractivity contribution < 1.29 is 19.5 Å². The molecule has 1 heterocycles. The van der Waals surface area contributed by atoms with Crippen LogP contribution in [0.1, 0.15) is 59.3 Å². The summed E-state index contributed by atoms with van der Waals surface area (Å²) in [5.41, 5.74) is -1.63. The Labute approximate surface area is 125 Å². The first kappa shape index (κ1) is 16.0. The zero-order valence-corrected chi connectivity index (χ0v) is 13.1. The van der Waals surface area contributed by atoms with E-state index >= 15 is 0 Å². The van der Waals surface area contributed by atoms with Gasteiger partial charge >= 0.3 is 5.97 Å². The van der Waals surface area contributed by atoms with Gasteiger partial charge in [-0.3, -0.25) is 19.3 Å². The highest BCUT2D eigenvalue weighted by Crippen LogP contribution is 2.43. The van der Waals surface area contributed by atoms with Gasteiger partial charge in [0.2, 0.25) is 11.8 Å². The van der Waals surface area contributed by atoms with Crippen LogP contribution in [-0.2, 0) is 14.4 Å². The molecule has 0 spiro atoms. The van der Waals surface area contributed by atoms with E-state index in [2.05, 4.69) is 0 Å². The summed E-state index contributed by atoms with van der Waals surface area (Å²) >= 11 is 0. The maximum Gasteiger partial charge on any atom is 0.311 e. The molecule has 2 fully saturated rings. The van der Waals surface area contributed by atoms with Crippen molar-refractivity contribution >= 4 is 17.8 Å². The summed E-state index contributed by atoms with van der Waals surface area (Å²) in [6.45, 7) is 5.72. The first-order valence-electron chi connectivity index (χ1n) is 7.81. The minimum absolute atomic E-state index is 0.0440. The third-order valence-electron chi connectivity index (χ3n) is 5.55. The number of carbonyl (C=O) groups excluding carboxylic acids is 2. The van der Waals surface area contributed by atoms with Crippen molar-refractivity contribution in [2.24, 2.45) is 16.7 Å². The van der Waals surface area contributed by atoms with Crippen molar-refractivity contribution in [3.8, 4) is 0 Å². The van der Waals surface area contributed by atoms with E-state index in [4.69, 9.17) is 0 Å². The Bertz CT molecular complexity index is 465. The molecule has 1 saturated heterocycles. The molecule has 118 valence electrons. The average molecular weight is 295 g/mol. The lowest BCUT2D eigenvalue weighted by molar-refractivity contribution is -0.156. The van der Waals surface area contributed by atoms with Crippen LogP contribution in [0.25, 0.3) is 0 Å². The Morgan fingerprint density at radius 2 is 1.81 bits per heavy atom. The molecule has 1 aliphatic heterocycles. The summed E-state index contributed by atoms with van der Waals surface area (Å²) in [5.74, 6) is -1.23. The van der Waals surface area contributed by atoms with Crippen molar-refractivity contribution in [2.45, 2.75) is 59.3 Å². The summed E-state index contributed by atoms with van der Waals surface area (Å²) in [6.07, 6.45) is 4.03. The van der Waals surface area contributed by atoms with Crippen LogP contribution < -0.4 is 0 Å². The molecule has 0 aromatic carbocycles. The third-order valence-corrected chi connectivity index (χ3v) is 5.55. The summed E-state index contributed by atoms with van der Waals surface area (Å²) < 4.78 is 0. The van der Waals surface area contributed by atoms with E-state index in [9.17, 15) is 19.5 Å². The Balaban J connectivity index is 2.24. The van der Waals surface area contributed by atoms with Crippen molar-refractivity contribution in [3.05, 3.63) is 0 Å². The monoisotopic (exact) mass is 295 g/mol. The van der Waals surface area contributed by atoms with E-state index in [-0.39, 0.29) is 30.7 Å². The van der Waals surface area contributed by atoms with E-state index in [0.29, 0.717) is 12.8 Å². The predicted octanol–water partition coefficient (Wildman–Crippen LogP) is 2.44. The Kier molecular flexibility index (Phi) is 4.13. The molecule has 2 rings (SSSR count). The molecule has 1 atom stereocenters. The largest absolute Gasteiger partial charge is 0.481 e. The SMILES string of the molecule is CC(C)C1(C)CC(=O)N(CC2(C(=O)O)CCCCC2)C1=O. The van der Waals surface area contributed by atoms with E-state index in [1.807, 2.05) is 20.8 Å². The van der Waals surface area contributed by atoms with Gasteiger partial charge in [0, 0.05) is 13.0 Å². The minimum atomic E-state index is -0.939. The normalized spacial score (nSPS) is 29.2. The number of likely N-dealkylation sites (tertiary alicyclic amines) is 1. The van der Waals surface area contributed by atoms with Gasteiger partial charge in [0.25, 0.3) is 0 Å². The lowest BCUT2D eigenvalue weighted by Crippen LogP contribution is -2.48. The molecule has 2 amide bonds. The molecule has 5 heteroatoms. The Morgan fingerprint density at radius 1 is 1.24 bits per heavy atom. The fourth-order valence-corrected chi connectivity index (χ4v) is 3.49. The van der Waals surface area contributed by atoms with Crippen LogP contribution in [0.5, 0.6) is 0 Å². The number of hydrogen-bond donors (Lipinski definition) is 1. The lowest BCUT2D eigenvalue weighted by atomic mass is 9.73. The van der Waals surface area contributed by atoms with Gasteiger partial charge in [0.15, 0.2) is 0 Å². The smallest absolute Gasteiger partial charge is 0.311 e. The average Bonchev–Trinajstić information content (AvgIpc) is 2.64. The van der Waals surface area contributed by atoms with Crippen molar-refractivity contribution in [2.75, 3.05) is 6.54 Å². The van der Waals surface area contributed by atoms with Gasteiger partial charge < -0.3 is 5.11 Å². The zero-order valence-electron chi connectivity index (χ0n) is 13.1. The van der Waals surface area contributed by atoms with E-state index < -0.39 is 16.8 Å². The van der Waals surface area contributed by atoms with Crippen LogP contribution in [0, 0.1) is 16.7 Å². The Hall–Kier alpha value is -1.39. The summed E-state index contributed by atoms with van der Waals surface area (Å²) in [6, 6.07) is 0. The predicted molar refractivity (Wildman–Crippen MR) is 77.4 cm³/mol. The second-order valence-electron chi connectivity index (χ2n) is 7.18. The molecule has 0 aromatic heterocycles.